The molecule has 0 heterocycles. The second kappa shape index (κ2) is 5.16. The van der Waals surface area contributed by atoms with Crippen molar-refractivity contribution in [2.75, 3.05) is 4.72 Å². The quantitative estimate of drug-likeness (QED) is 0.885. The third-order valence-electron chi connectivity index (χ3n) is 2.47. The number of hydrogen-bond acceptors (Lipinski definition) is 2. The maximum absolute atomic E-state index is 13.5. The van der Waals surface area contributed by atoms with Gasteiger partial charge in [0.1, 0.15) is 10.7 Å². The molecule has 7 heteroatoms. The lowest BCUT2D eigenvalue weighted by Gasteiger charge is -2.09. The highest BCUT2D eigenvalue weighted by Gasteiger charge is 2.22. The zero-order valence-corrected chi connectivity index (χ0v) is 10.8. The Morgan fingerprint density at radius 2 is 1.45 bits per heavy atom. The second-order valence-corrected chi connectivity index (χ2v) is 5.65. The molecule has 20 heavy (non-hydrogen) atoms. The molecule has 0 bridgehead atoms. The standard InChI is InChI=1S/C13H9F3NO2S/c1-8-2-4-9(5-3-8)17-20(18,19)13-7-11(15)10(14)6-12(13)16/h2-7,17H,1H2. The Morgan fingerprint density at radius 1 is 0.900 bits per heavy atom. The summed E-state index contributed by atoms with van der Waals surface area (Å²) in [5, 5.41) is 0. The largest absolute Gasteiger partial charge is 0.280 e. The first kappa shape index (κ1) is 14.4. The molecule has 0 aliphatic heterocycles. The number of rotatable bonds is 3. The van der Waals surface area contributed by atoms with E-state index in [9.17, 15) is 21.6 Å². The van der Waals surface area contributed by atoms with Gasteiger partial charge in [-0.2, -0.15) is 0 Å². The summed E-state index contributed by atoms with van der Waals surface area (Å²) in [7, 11) is -4.35. The van der Waals surface area contributed by atoms with Crippen LogP contribution in [0.25, 0.3) is 0 Å². The lowest BCUT2D eigenvalue weighted by molar-refractivity contribution is 0.482. The molecular weight excluding hydrogens is 291 g/mol. The van der Waals surface area contributed by atoms with E-state index >= 15 is 0 Å². The zero-order valence-electron chi connectivity index (χ0n) is 10.0. The van der Waals surface area contributed by atoms with Gasteiger partial charge in [0, 0.05) is 17.8 Å². The van der Waals surface area contributed by atoms with Gasteiger partial charge < -0.3 is 0 Å². The molecule has 0 spiro atoms. The van der Waals surface area contributed by atoms with Gasteiger partial charge in [-0.05, 0) is 24.6 Å². The van der Waals surface area contributed by atoms with Gasteiger partial charge >= 0.3 is 0 Å². The molecule has 2 aromatic carbocycles. The van der Waals surface area contributed by atoms with Gasteiger partial charge in [-0.1, -0.05) is 12.1 Å². The first-order valence-corrected chi connectivity index (χ1v) is 6.87. The van der Waals surface area contributed by atoms with E-state index < -0.39 is 32.4 Å². The molecule has 2 rings (SSSR count). The smallest absolute Gasteiger partial charge is 0.264 e. The monoisotopic (exact) mass is 300 g/mol. The van der Waals surface area contributed by atoms with Crippen molar-refractivity contribution in [3.63, 3.8) is 0 Å². The summed E-state index contributed by atoms with van der Waals surface area (Å²) in [6.45, 7) is 3.62. The maximum atomic E-state index is 13.5. The van der Waals surface area contributed by atoms with Crippen LogP contribution in [-0.2, 0) is 10.0 Å². The lowest BCUT2D eigenvalue weighted by atomic mass is 10.2. The normalized spacial score (nSPS) is 11.4. The number of benzene rings is 2. The minimum absolute atomic E-state index is 0.154. The van der Waals surface area contributed by atoms with E-state index in [2.05, 4.69) is 11.6 Å². The third-order valence-corrected chi connectivity index (χ3v) is 3.87. The van der Waals surface area contributed by atoms with Gasteiger partial charge in [-0.25, -0.2) is 21.6 Å². The van der Waals surface area contributed by atoms with Crippen LogP contribution in [0.2, 0.25) is 0 Å². The number of hydrogen-bond donors (Lipinski definition) is 1. The zero-order chi connectivity index (χ0) is 14.9. The summed E-state index contributed by atoms with van der Waals surface area (Å²) < 4.78 is 65.2. The van der Waals surface area contributed by atoms with E-state index in [0.717, 1.165) is 0 Å². The van der Waals surface area contributed by atoms with Crippen LogP contribution in [0.15, 0.2) is 41.3 Å². The summed E-state index contributed by atoms with van der Waals surface area (Å²) >= 11 is 0. The van der Waals surface area contributed by atoms with Crippen molar-refractivity contribution >= 4 is 15.7 Å². The van der Waals surface area contributed by atoms with Gasteiger partial charge in [0.15, 0.2) is 11.6 Å². The molecule has 1 radical (unpaired) electrons. The van der Waals surface area contributed by atoms with Crippen molar-refractivity contribution in [1.29, 1.82) is 0 Å². The Morgan fingerprint density at radius 3 is 2.05 bits per heavy atom. The molecule has 0 saturated carbocycles. The predicted octanol–water partition coefficient (Wildman–Crippen LogP) is 3.09. The topological polar surface area (TPSA) is 46.2 Å². The van der Waals surface area contributed by atoms with E-state index in [1.165, 1.54) is 12.1 Å². The van der Waals surface area contributed by atoms with Crippen LogP contribution >= 0.6 is 0 Å². The Labute approximate surface area is 114 Å². The fourth-order valence-electron chi connectivity index (χ4n) is 1.49. The molecule has 1 N–H and O–H groups in total. The summed E-state index contributed by atoms with van der Waals surface area (Å²) in [6.07, 6.45) is 0. The minimum Gasteiger partial charge on any atom is -0.280 e. The first-order chi connectivity index (χ1) is 9.29. The Bertz CT molecular complexity index is 743. The third kappa shape index (κ3) is 2.93. The van der Waals surface area contributed by atoms with Crippen LogP contribution in [0, 0.1) is 24.4 Å². The fraction of sp³-hybridized carbons (Fsp3) is 0. The van der Waals surface area contributed by atoms with Crippen LogP contribution in [0.4, 0.5) is 18.9 Å². The van der Waals surface area contributed by atoms with Crippen LogP contribution in [0.5, 0.6) is 0 Å². The summed E-state index contributed by atoms with van der Waals surface area (Å²) in [5.41, 5.74) is 0.813. The van der Waals surface area contributed by atoms with Crippen LogP contribution in [0.3, 0.4) is 0 Å². The first-order valence-electron chi connectivity index (χ1n) is 5.39. The number of sulfonamides is 1. The highest BCUT2D eigenvalue weighted by atomic mass is 32.2. The van der Waals surface area contributed by atoms with Gasteiger partial charge in [-0.15, -0.1) is 0 Å². The molecule has 0 fully saturated rings. The van der Waals surface area contributed by atoms with E-state index in [4.69, 9.17) is 0 Å². The highest BCUT2D eigenvalue weighted by molar-refractivity contribution is 7.92. The van der Waals surface area contributed by atoms with Crippen LogP contribution < -0.4 is 4.72 Å². The van der Waals surface area contributed by atoms with E-state index in [-0.39, 0.29) is 11.8 Å². The van der Waals surface area contributed by atoms with Gasteiger partial charge in [0.2, 0.25) is 0 Å². The Hall–Kier alpha value is -2.02. The molecule has 0 saturated heterocycles. The van der Waals surface area contributed by atoms with Gasteiger partial charge in [0.05, 0.1) is 0 Å². The molecule has 0 unspecified atom stereocenters. The van der Waals surface area contributed by atoms with Crippen molar-refractivity contribution in [3.05, 3.63) is 66.3 Å². The number of nitrogens with one attached hydrogen (secondary N) is 1. The number of halogens is 3. The van der Waals surface area contributed by atoms with E-state index in [1.54, 1.807) is 12.1 Å². The SMILES string of the molecule is [CH2]c1ccc(NS(=O)(=O)c2cc(F)c(F)cc2F)cc1. The van der Waals surface area contributed by atoms with Crippen molar-refractivity contribution in [1.82, 2.24) is 0 Å². The summed E-state index contributed by atoms with van der Waals surface area (Å²) in [4.78, 5) is -0.963. The van der Waals surface area contributed by atoms with Crippen molar-refractivity contribution in [2.45, 2.75) is 4.90 Å². The van der Waals surface area contributed by atoms with Gasteiger partial charge in [-0.3, -0.25) is 4.72 Å². The van der Waals surface area contributed by atoms with Gasteiger partial charge in [0.25, 0.3) is 10.0 Å². The van der Waals surface area contributed by atoms with Crippen molar-refractivity contribution < 1.29 is 21.6 Å². The maximum Gasteiger partial charge on any atom is 0.264 e. The molecular formula is C13H9F3NO2S. The second-order valence-electron chi connectivity index (χ2n) is 4.00. The van der Waals surface area contributed by atoms with Crippen LogP contribution in [0.1, 0.15) is 5.56 Å². The molecule has 0 aliphatic carbocycles. The van der Waals surface area contributed by atoms with Crippen molar-refractivity contribution in [2.24, 2.45) is 0 Å². The summed E-state index contributed by atoms with van der Waals surface area (Å²) in [5.74, 6) is -4.27. The fourth-order valence-corrected chi connectivity index (χ4v) is 2.62. The highest BCUT2D eigenvalue weighted by Crippen LogP contribution is 2.21. The molecule has 0 aromatic heterocycles. The van der Waals surface area contributed by atoms with Crippen molar-refractivity contribution in [3.8, 4) is 0 Å². The van der Waals surface area contributed by atoms with Crippen LogP contribution in [-0.4, -0.2) is 8.42 Å². The molecule has 0 amide bonds. The van der Waals surface area contributed by atoms with E-state index in [0.29, 0.717) is 11.6 Å². The van der Waals surface area contributed by atoms with E-state index in [1.807, 2.05) is 0 Å². The Balaban J connectivity index is 2.40. The lowest BCUT2D eigenvalue weighted by Crippen LogP contribution is -2.15. The summed E-state index contributed by atoms with van der Waals surface area (Å²) in [6, 6.07) is 6.39. The molecule has 2 aromatic rings. The predicted molar refractivity (Wildman–Crippen MR) is 68.0 cm³/mol. The average Bonchev–Trinajstić information content (AvgIpc) is 2.36. The minimum atomic E-state index is -4.35. The Kier molecular flexibility index (Phi) is 3.71. The molecule has 0 aliphatic rings. The number of anilines is 1. The molecule has 0 atom stereocenters. The molecule has 3 nitrogen and oxygen atoms in total. The average molecular weight is 300 g/mol. The molecule has 105 valence electrons.